The summed E-state index contributed by atoms with van der Waals surface area (Å²) in [6.45, 7) is 5.34. The van der Waals surface area contributed by atoms with E-state index in [2.05, 4.69) is 46.1 Å². The first kappa shape index (κ1) is 14.3. The van der Waals surface area contributed by atoms with Gasteiger partial charge in [-0.25, -0.2) is 0 Å². The van der Waals surface area contributed by atoms with Gasteiger partial charge in [-0.1, -0.05) is 29.8 Å². The number of aliphatic hydroxyl groups is 1. The molecule has 4 heteroatoms. The third kappa shape index (κ3) is 3.67. The van der Waals surface area contributed by atoms with Crippen LogP contribution in [0.15, 0.2) is 34.9 Å². The lowest BCUT2D eigenvalue weighted by Crippen LogP contribution is -2.24. The fraction of sp³-hybridized carbons (Fsp3) is 0.400. The minimum absolute atomic E-state index is 0.0692. The minimum Gasteiger partial charge on any atom is -0.396 e. The first-order chi connectivity index (χ1) is 9.02. The van der Waals surface area contributed by atoms with Crippen molar-refractivity contribution in [1.29, 1.82) is 0 Å². The summed E-state index contributed by atoms with van der Waals surface area (Å²) in [5, 5.41) is 13.6. The highest BCUT2D eigenvalue weighted by Gasteiger charge is 2.17. The molecule has 0 fully saturated rings. The summed E-state index contributed by atoms with van der Waals surface area (Å²) in [6.07, 6.45) is 2.60. The quantitative estimate of drug-likeness (QED) is 0.879. The van der Waals surface area contributed by atoms with Crippen LogP contribution < -0.4 is 5.32 Å². The molecular formula is C15H19BrN2O. The molecule has 0 saturated carbocycles. The molecule has 102 valence electrons. The third-order valence-electron chi connectivity index (χ3n) is 3.25. The van der Waals surface area contributed by atoms with Crippen LogP contribution in [0.25, 0.3) is 10.9 Å². The lowest BCUT2D eigenvalue weighted by Gasteiger charge is -2.24. The van der Waals surface area contributed by atoms with Crippen molar-refractivity contribution in [1.82, 2.24) is 4.98 Å². The van der Waals surface area contributed by atoms with Crippen LogP contribution in [0.1, 0.15) is 20.3 Å². The van der Waals surface area contributed by atoms with E-state index < -0.39 is 0 Å². The Bertz CT molecular complexity index is 569. The van der Waals surface area contributed by atoms with Gasteiger partial charge < -0.3 is 10.4 Å². The summed E-state index contributed by atoms with van der Waals surface area (Å²) in [5.41, 5.74) is 2.13. The van der Waals surface area contributed by atoms with Gasteiger partial charge in [0.2, 0.25) is 0 Å². The molecule has 0 aliphatic rings. The molecule has 19 heavy (non-hydrogen) atoms. The maximum Gasteiger partial charge on any atom is 0.0733 e. The van der Waals surface area contributed by atoms with Gasteiger partial charge in [-0.3, -0.25) is 4.98 Å². The highest BCUT2D eigenvalue weighted by Crippen LogP contribution is 2.26. The van der Waals surface area contributed by atoms with Gasteiger partial charge in [-0.15, -0.1) is 0 Å². The van der Waals surface area contributed by atoms with Crippen LogP contribution >= 0.6 is 15.9 Å². The Kier molecular flexibility index (Phi) is 4.42. The lowest BCUT2D eigenvalue weighted by molar-refractivity contribution is 0.220. The molecule has 0 aliphatic carbocycles. The van der Waals surface area contributed by atoms with Crippen molar-refractivity contribution in [2.45, 2.75) is 20.3 Å². The Morgan fingerprint density at radius 2 is 2.11 bits per heavy atom. The molecule has 0 radical (unpaired) electrons. The van der Waals surface area contributed by atoms with Gasteiger partial charge in [0.25, 0.3) is 0 Å². The second kappa shape index (κ2) is 5.88. The van der Waals surface area contributed by atoms with Crippen molar-refractivity contribution in [3.8, 4) is 0 Å². The number of hydrogen-bond donors (Lipinski definition) is 2. The van der Waals surface area contributed by atoms with E-state index in [4.69, 9.17) is 5.11 Å². The number of hydrogen-bond acceptors (Lipinski definition) is 3. The molecule has 2 rings (SSSR count). The van der Waals surface area contributed by atoms with Gasteiger partial charge in [0, 0.05) is 34.9 Å². The van der Waals surface area contributed by atoms with E-state index in [1.807, 2.05) is 24.4 Å². The van der Waals surface area contributed by atoms with E-state index in [1.54, 1.807) is 0 Å². The Morgan fingerprint density at radius 1 is 1.32 bits per heavy atom. The Labute approximate surface area is 122 Å². The van der Waals surface area contributed by atoms with Crippen LogP contribution in [0, 0.1) is 5.41 Å². The van der Waals surface area contributed by atoms with Gasteiger partial charge in [0.15, 0.2) is 0 Å². The van der Waals surface area contributed by atoms with Crippen LogP contribution in [-0.4, -0.2) is 23.2 Å². The van der Waals surface area contributed by atoms with Crippen LogP contribution in [-0.2, 0) is 0 Å². The zero-order chi connectivity index (χ0) is 13.9. The van der Waals surface area contributed by atoms with E-state index in [-0.39, 0.29) is 12.0 Å². The number of fused-ring (bicyclic) bond motifs is 1. The zero-order valence-corrected chi connectivity index (χ0v) is 12.9. The highest BCUT2D eigenvalue weighted by molar-refractivity contribution is 9.10. The number of halogens is 1. The molecule has 0 unspecified atom stereocenters. The van der Waals surface area contributed by atoms with Gasteiger partial charge in [-0.05, 0) is 36.1 Å². The van der Waals surface area contributed by atoms with Crippen LogP contribution in [0.3, 0.4) is 0 Å². The molecule has 1 aromatic heterocycles. The molecule has 0 atom stereocenters. The average Bonchev–Trinajstić information content (AvgIpc) is 2.36. The van der Waals surface area contributed by atoms with E-state index in [9.17, 15) is 0 Å². The van der Waals surface area contributed by atoms with Crippen LogP contribution in [0.2, 0.25) is 0 Å². The monoisotopic (exact) mass is 322 g/mol. The largest absolute Gasteiger partial charge is 0.396 e. The fourth-order valence-corrected chi connectivity index (χ4v) is 2.35. The number of nitrogens with one attached hydrogen (secondary N) is 1. The van der Waals surface area contributed by atoms with Crippen molar-refractivity contribution in [3.63, 3.8) is 0 Å². The second-order valence-electron chi connectivity index (χ2n) is 5.51. The van der Waals surface area contributed by atoms with Crippen LogP contribution in [0.5, 0.6) is 0 Å². The summed E-state index contributed by atoms with van der Waals surface area (Å²) in [6, 6.07) is 8.09. The summed E-state index contributed by atoms with van der Waals surface area (Å²) in [5.74, 6) is 0. The van der Waals surface area contributed by atoms with Crippen molar-refractivity contribution < 1.29 is 5.11 Å². The molecule has 1 heterocycles. The normalized spacial score (nSPS) is 11.8. The topological polar surface area (TPSA) is 45.1 Å². The predicted molar refractivity (Wildman–Crippen MR) is 83.4 cm³/mol. The van der Waals surface area contributed by atoms with E-state index >= 15 is 0 Å². The van der Waals surface area contributed by atoms with E-state index in [1.165, 1.54) is 0 Å². The number of rotatable bonds is 5. The number of aromatic nitrogens is 1. The van der Waals surface area contributed by atoms with Crippen molar-refractivity contribution in [2.75, 3.05) is 18.5 Å². The molecule has 3 nitrogen and oxygen atoms in total. The number of nitrogens with zero attached hydrogens (tertiary/aromatic N) is 1. The Morgan fingerprint density at radius 3 is 2.84 bits per heavy atom. The van der Waals surface area contributed by atoms with E-state index in [0.29, 0.717) is 0 Å². The van der Waals surface area contributed by atoms with Gasteiger partial charge in [0.1, 0.15) is 0 Å². The summed E-state index contributed by atoms with van der Waals surface area (Å²) in [4.78, 5) is 4.37. The molecule has 2 N–H and O–H groups in total. The molecule has 0 amide bonds. The second-order valence-corrected chi connectivity index (χ2v) is 6.43. The molecule has 2 aromatic rings. The molecule has 0 spiro atoms. The SMILES string of the molecule is CC(C)(CCO)CNc1ccnc2cc(Br)ccc12. The van der Waals surface area contributed by atoms with Gasteiger partial charge >= 0.3 is 0 Å². The summed E-state index contributed by atoms with van der Waals surface area (Å²) in [7, 11) is 0. The molecule has 0 bridgehead atoms. The van der Waals surface area contributed by atoms with Gasteiger partial charge in [0.05, 0.1) is 5.52 Å². The molecular weight excluding hydrogens is 304 g/mol. The number of benzene rings is 1. The fourth-order valence-electron chi connectivity index (χ4n) is 2.00. The highest BCUT2D eigenvalue weighted by atomic mass is 79.9. The average molecular weight is 323 g/mol. The molecule has 0 aliphatic heterocycles. The maximum absolute atomic E-state index is 9.06. The minimum atomic E-state index is 0.0692. The summed E-state index contributed by atoms with van der Waals surface area (Å²) >= 11 is 3.46. The molecule has 0 saturated heterocycles. The van der Waals surface area contributed by atoms with E-state index in [0.717, 1.165) is 34.0 Å². The standard InChI is InChI=1S/C15H19BrN2O/c1-15(2,6-8-19)10-18-13-5-7-17-14-9-11(16)3-4-12(13)14/h3-5,7,9,19H,6,8,10H2,1-2H3,(H,17,18). The van der Waals surface area contributed by atoms with Gasteiger partial charge in [-0.2, -0.15) is 0 Å². The predicted octanol–water partition coefficient (Wildman–Crippen LogP) is 3.82. The first-order valence-corrected chi connectivity index (χ1v) is 7.20. The van der Waals surface area contributed by atoms with Crippen molar-refractivity contribution >= 4 is 32.5 Å². The summed E-state index contributed by atoms with van der Waals surface area (Å²) < 4.78 is 1.03. The zero-order valence-electron chi connectivity index (χ0n) is 11.3. The third-order valence-corrected chi connectivity index (χ3v) is 3.74. The van der Waals surface area contributed by atoms with Crippen molar-refractivity contribution in [3.05, 3.63) is 34.9 Å². The molecule has 1 aromatic carbocycles. The lowest BCUT2D eigenvalue weighted by atomic mass is 9.89. The maximum atomic E-state index is 9.06. The number of anilines is 1. The Balaban J connectivity index is 2.21. The number of pyridine rings is 1. The Hall–Kier alpha value is -1.13. The first-order valence-electron chi connectivity index (χ1n) is 6.41. The smallest absolute Gasteiger partial charge is 0.0733 e. The van der Waals surface area contributed by atoms with Crippen molar-refractivity contribution in [2.24, 2.45) is 5.41 Å². The number of aliphatic hydroxyl groups excluding tert-OH is 1. The van der Waals surface area contributed by atoms with Crippen LogP contribution in [0.4, 0.5) is 5.69 Å².